The van der Waals surface area contributed by atoms with E-state index < -0.39 is 0 Å². The lowest BCUT2D eigenvalue weighted by molar-refractivity contribution is 0.227. The van der Waals surface area contributed by atoms with E-state index in [-0.39, 0.29) is 0 Å². The number of hydrogen-bond donors (Lipinski definition) is 1. The highest BCUT2D eigenvalue weighted by molar-refractivity contribution is 7.80. The number of thiocarbonyl (C=S) groups is 1. The molecule has 1 aromatic rings. The molecule has 3 nitrogen and oxygen atoms in total. The topological polar surface area (TPSA) is 24.5 Å². The monoisotopic (exact) mass is 320 g/mol. The molecule has 0 saturated carbocycles. The molecule has 0 amide bonds. The summed E-state index contributed by atoms with van der Waals surface area (Å²) in [5, 5.41) is 3.37. The van der Waals surface area contributed by atoms with Gasteiger partial charge in [-0.3, -0.25) is 0 Å². The number of nitrogens with one attached hydrogen (secondary N) is 1. The lowest BCUT2D eigenvalue weighted by Crippen LogP contribution is -2.33. The molecule has 1 saturated heterocycles. The summed E-state index contributed by atoms with van der Waals surface area (Å²) >= 11 is 5.46. The van der Waals surface area contributed by atoms with Crippen molar-refractivity contribution in [1.82, 2.24) is 10.2 Å². The quantitative estimate of drug-likeness (QED) is 0.584. The predicted octanol–water partition coefficient (Wildman–Crippen LogP) is 3.62. The van der Waals surface area contributed by atoms with Crippen molar-refractivity contribution >= 4 is 17.2 Å². The van der Waals surface area contributed by atoms with Gasteiger partial charge in [0.2, 0.25) is 0 Å². The van der Waals surface area contributed by atoms with Crippen molar-refractivity contribution in [3.05, 3.63) is 29.8 Å². The van der Waals surface area contributed by atoms with Crippen LogP contribution in [0.25, 0.3) is 0 Å². The molecule has 22 heavy (non-hydrogen) atoms. The van der Waals surface area contributed by atoms with Crippen LogP contribution >= 0.6 is 12.2 Å². The normalized spacial score (nSPS) is 15.5. The van der Waals surface area contributed by atoms with Crippen LogP contribution < -0.4 is 10.1 Å². The van der Waals surface area contributed by atoms with E-state index in [4.69, 9.17) is 17.0 Å². The van der Waals surface area contributed by atoms with Crippen LogP contribution in [0.2, 0.25) is 0 Å². The number of benzene rings is 1. The SMILES string of the molecule is CCCOc1ccc(C(=S)NCCCN2CCCCC2)cc1. The first-order valence-corrected chi connectivity index (χ1v) is 8.94. The summed E-state index contributed by atoms with van der Waals surface area (Å²) in [6.07, 6.45) is 6.30. The van der Waals surface area contributed by atoms with Crippen LogP contribution in [0.4, 0.5) is 0 Å². The number of ether oxygens (including phenoxy) is 1. The van der Waals surface area contributed by atoms with E-state index in [2.05, 4.69) is 17.1 Å². The van der Waals surface area contributed by atoms with Crippen LogP contribution in [0.5, 0.6) is 5.75 Å². The van der Waals surface area contributed by atoms with Crippen molar-refractivity contribution in [3.63, 3.8) is 0 Å². The van der Waals surface area contributed by atoms with E-state index in [0.29, 0.717) is 0 Å². The van der Waals surface area contributed by atoms with E-state index in [0.717, 1.165) is 42.3 Å². The zero-order valence-corrected chi connectivity index (χ0v) is 14.5. The average molecular weight is 321 g/mol. The summed E-state index contributed by atoms with van der Waals surface area (Å²) < 4.78 is 5.59. The molecule has 1 heterocycles. The zero-order valence-electron chi connectivity index (χ0n) is 13.6. The highest BCUT2D eigenvalue weighted by atomic mass is 32.1. The molecule has 0 spiro atoms. The minimum Gasteiger partial charge on any atom is -0.494 e. The highest BCUT2D eigenvalue weighted by Gasteiger charge is 2.09. The van der Waals surface area contributed by atoms with Crippen LogP contribution in [0.15, 0.2) is 24.3 Å². The second kappa shape index (κ2) is 9.80. The second-order valence-corrected chi connectivity index (χ2v) is 6.29. The van der Waals surface area contributed by atoms with Gasteiger partial charge in [0.15, 0.2) is 0 Å². The zero-order chi connectivity index (χ0) is 15.6. The van der Waals surface area contributed by atoms with Gasteiger partial charge in [-0.05, 0) is 69.6 Å². The first kappa shape index (κ1) is 17.2. The lowest BCUT2D eigenvalue weighted by Gasteiger charge is -2.26. The van der Waals surface area contributed by atoms with Crippen molar-refractivity contribution in [3.8, 4) is 5.75 Å². The summed E-state index contributed by atoms with van der Waals surface area (Å²) in [4.78, 5) is 3.40. The molecule has 0 aliphatic carbocycles. The fraction of sp³-hybridized carbons (Fsp3) is 0.611. The van der Waals surface area contributed by atoms with Gasteiger partial charge in [0, 0.05) is 12.1 Å². The molecule has 1 fully saturated rings. The molecule has 1 aromatic carbocycles. The van der Waals surface area contributed by atoms with Crippen molar-refractivity contribution < 1.29 is 4.74 Å². The first-order valence-electron chi connectivity index (χ1n) is 8.53. The van der Waals surface area contributed by atoms with E-state index >= 15 is 0 Å². The summed E-state index contributed by atoms with van der Waals surface area (Å²) in [5.74, 6) is 0.915. The Morgan fingerprint density at radius 3 is 2.59 bits per heavy atom. The summed E-state index contributed by atoms with van der Waals surface area (Å²) in [6.45, 7) is 7.53. The van der Waals surface area contributed by atoms with Crippen LogP contribution in [0, 0.1) is 0 Å². The molecule has 0 radical (unpaired) electrons. The van der Waals surface area contributed by atoms with Crippen molar-refractivity contribution in [2.75, 3.05) is 32.8 Å². The van der Waals surface area contributed by atoms with Crippen LogP contribution in [0.1, 0.15) is 44.6 Å². The molecule has 1 aliphatic rings. The second-order valence-electron chi connectivity index (χ2n) is 5.88. The average Bonchev–Trinajstić information content (AvgIpc) is 2.58. The van der Waals surface area contributed by atoms with Gasteiger partial charge >= 0.3 is 0 Å². The van der Waals surface area contributed by atoms with Gasteiger partial charge < -0.3 is 15.0 Å². The molecule has 0 unspecified atom stereocenters. The Kier molecular flexibility index (Phi) is 7.67. The van der Waals surface area contributed by atoms with E-state index in [1.807, 2.05) is 24.3 Å². The van der Waals surface area contributed by atoms with Gasteiger partial charge in [0.1, 0.15) is 10.7 Å². The molecular weight excluding hydrogens is 292 g/mol. The molecule has 2 rings (SSSR count). The molecule has 0 atom stereocenters. The third-order valence-corrected chi connectivity index (χ3v) is 4.35. The number of rotatable bonds is 8. The third-order valence-electron chi connectivity index (χ3n) is 3.97. The Hall–Kier alpha value is -1.13. The number of likely N-dealkylation sites (tertiary alicyclic amines) is 1. The molecular formula is C18H28N2OS. The Morgan fingerprint density at radius 1 is 1.18 bits per heavy atom. The number of nitrogens with zero attached hydrogens (tertiary/aromatic N) is 1. The summed E-state index contributed by atoms with van der Waals surface area (Å²) in [6, 6.07) is 8.05. The minimum absolute atomic E-state index is 0.762. The summed E-state index contributed by atoms with van der Waals surface area (Å²) in [7, 11) is 0. The van der Waals surface area contributed by atoms with Crippen LogP contribution in [-0.4, -0.2) is 42.7 Å². The fourth-order valence-corrected chi connectivity index (χ4v) is 2.95. The summed E-state index contributed by atoms with van der Waals surface area (Å²) in [5.41, 5.74) is 1.07. The molecule has 122 valence electrons. The van der Waals surface area contributed by atoms with Gasteiger partial charge in [-0.25, -0.2) is 0 Å². The largest absolute Gasteiger partial charge is 0.494 e. The third kappa shape index (κ3) is 5.93. The van der Waals surface area contributed by atoms with Crippen molar-refractivity contribution in [1.29, 1.82) is 0 Å². The Morgan fingerprint density at radius 2 is 1.91 bits per heavy atom. The standard InChI is InChI=1S/C18H28N2OS/c1-2-15-21-17-9-7-16(8-10-17)18(22)19-11-6-14-20-12-4-3-5-13-20/h7-10H,2-6,11-15H2,1H3,(H,19,22). The maximum absolute atomic E-state index is 5.59. The maximum atomic E-state index is 5.59. The van der Waals surface area contributed by atoms with Crippen molar-refractivity contribution in [2.24, 2.45) is 0 Å². The van der Waals surface area contributed by atoms with E-state index in [1.165, 1.54) is 38.9 Å². The molecule has 0 aromatic heterocycles. The van der Waals surface area contributed by atoms with Gasteiger partial charge in [0.05, 0.1) is 6.61 Å². The Balaban J connectivity index is 1.65. The number of hydrogen-bond acceptors (Lipinski definition) is 3. The molecule has 1 aliphatic heterocycles. The molecule has 4 heteroatoms. The molecule has 0 bridgehead atoms. The van der Waals surface area contributed by atoms with E-state index in [1.54, 1.807) is 0 Å². The highest BCUT2D eigenvalue weighted by Crippen LogP contribution is 2.13. The number of piperidine rings is 1. The van der Waals surface area contributed by atoms with E-state index in [9.17, 15) is 0 Å². The molecule has 1 N–H and O–H groups in total. The van der Waals surface area contributed by atoms with Gasteiger partial charge in [-0.15, -0.1) is 0 Å². The minimum atomic E-state index is 0.762. The van der Waals surface area contributed by atoms with Gasteiger partial charge in [0.25, 0.3) is 0 Å². The maximum Gasteiger partial charge on any atom is 0.119 e. The lowest BCUT2D eigenvalue weighted by atomic mass is 10.1. The van der Waals surface area contributed by atoms with Gasteiger partial charge in [-0.1, -0.05) is 25.6 Å². The predicted molar refractivity (Wildman–Crippen MR) is 96.8 cm³/mol. The van der Waals surface area contributed by atoms with Crippen molar-refractivity contribution in [2.45, 2.75) is 39.0 Å². The Labute approximate surface area is 140 Å². The van der Waals surface area contributed by atoms with Gasteiger partial charge in [-0.2, -0.15) is 0 Å². The van der Waals surface area contributed by atoms with Crippen LogP contribution in [-0.2, 0) is 0 Å². The Bertz CT molecular complexity index is 441. The fourth-order valence-electron chi connectivity index (χ4n) is 2.71. The van der Waals surface area contributed by atoms with Crippen LogP contribution in [0.3, 0.4) is 0 Å². The first-order chi connectivity index (χ1) is 10.8. The smallest absolute Gasteiger partial charge is 0.119 e.